The number of benzene rings is 2. The number of aliphatic hydroxyl groups excluding tert-OH is 1. The first-order chi connectivity index (χ1) is 14.5. The maximum absolute atomic E-state index is 13.3. The monoisotopic (exact) mass is 444 g/mol. The van der Waals surface area contributed by atoms with Gasteiger partial charge in [0.25, 0.3) is 5.91 Å². The van der Waals surface area contributed by atoms with Crippen molar-refractivity contribution in [2.24, 2.45) is 0 Å². The number of rotatable bonds is 5. The zero-order valence-electron chi connectivity index (χ0n) is 16.0. The lowest BCUT2D eigenvalue weighted by Gasteiger charge is -2.35. The first-order valence-electron chi connectivity index (χ1n) is 9.16. The average molecular weight is 445 g/mol. The van der Waals surface area contributed by atoms with Crippen LogP contribution in [0, 0.1) is 0 Å². The molecule has 0 radical (unpaired) electrons. The van der Waals surface area contributed by atoms with Crippen molar-refractivity contribution in [3.8, 4) is 16.2 Å². The molecule has 0 bridgehead atoms. The topological polar surface area (TPSA) is 99.1 Å². The number of carbonyl (C=O) groups excluding carboxylic acids is 1. The van der Waals surface area contributed by atoms with E-state index in [9.17, 15) is 19.3 Å². The number of ether oxygens (including phenoxy) is 1. The van der Waals surface area contributed by atoms with Gasteiger partial charge in [0.05, 0.1) is 12.0 Å². The maximum atomic E-state index is 13.3. The van der Waals surface area contributed by atoms with Gasteiger partial charge in [-0.05, 0) is 41.5 Å². The van der Waals surface area contributed by atoms with Crippen molar-refractivity contribution in [1.29, 1.82) is 0 Å². The highest BCUT2D eigenvalue weighted by Crippen LogP contribution is 2.42. The molecule has 0 saturated heterocycles. The van der Waals surface area contributed by atoms with Crippen molar-refractivity contribution in [3.05, 3.63) is 71.1 Å². The number of carbonyl (C=O) groups is 1. The molecule has 3 unspecified atom stereocenters. The highest BCUT2D eigenvalue weighted by Gasteiger charge is 2.43. The molecular weight excluding hydrogens is 424 g/mol. The number of hydroxylamine groups is 1. The van der Waals surface area contributed by atoms with Crippen LogP contribution in [-0.4, -0.2) is 37.9 Å². The fraction of sp³-hybridized carbons (Fsp3) is 0.190. The van der Waals surface area contributed by atoms with Crippen LogP contribution in [0.1, 0.15) is 16.5 Å². The molecular formula is C21H20N2O5S2. The van der Waals surface area contributed by atoms with Crippen LogP contribution >= 0.6 is 11.3 Å². The maximum Gasteiger partial charge on any atom is 0.264 e. The first-order valence-corrected chi connectivity index (χ1v) is 11.1. The smallest absolute Gasteiger partial charge is 0.264 e. The highest BCUT2D eigenvalue weighted by molar-refractivity contribution is 7.82. The van der Waals surface area contributed by atoms with Gasteiger partial charge in [-0.2, -0.15) is 0 Å². The summed E-state index contributed by atoms with van der Waals surface area (Å²) in [7, 11) is -0.206. The Morgan fingerprint density at radius 2 is 1.90 bits per heavy atom. The number of thiophene rings is 1. The van der Waals surface area contributed by atoms with Gasteiger partial charge >= 0.3 is 0 Å². The van der Waals surface area contributed by atoms with Crippen molar-refractivity contribution in [2.45, 2.75) is 23.6 Å². The highest BCUT2D eigenvalue weighted by atomic mass is 32.2. The third-order valence-electron chi connectivity index (χ3n) is 4.96. The molecule has 1 amide bonds. The number of nitrogens with zero attached hydrogens (tertiary/aromatic N) is 1. The number of fused-ring (bicyclic) bond motifs is 1. The molecule has 2 heterocycles. The molecule has 156 valence electrons. The Labute approximate surface area is 180 Å². The Kier molecular flexibility index (Phi) is 5.98. The molecule has 0 spiro atoms. The lowest BCUT2D eigenvalue weighted by atomic mass is 10.00. The van der Waals surface area contributed by atoms with Gasteiger partial charge in [0.2, 0.25) is 0 Å². The fourth-order valence-corrected chi connectivity index (χ4v) is 5.97. The van der Waals surface area contributed by atoms with Crippen LogP contribution in [0.3, 0.4) is 0 Å². The van der Waals surface area contributed by atoms with Crippen molar-refractivity contribution < 1.29 is 24.1 Å². The van der Waals surface area contributed by atoms with E-state index in [-0.39, 0.29) is 6.54 Å². The van der Waals surface area contributed by atoms with E-state index in [4.69, 9.17) is 4.74 Å². The van der Waals surface area contributed by atoms with E-state index in [1.165, 1.54) is 22.8 Å². The second-order valence-corrected chi connectivity index (χ2v) is 9.25. The summed E-state index contributed by atoms with van der Waals surface area (Å²) in [6, 6.07) is 17.1. The standard InChI is InChI=1S/C21H20N2O5S2/c1-28-15-7-9-16(10-8-15)30(27)23-12-14-11-17(13-5-3-2-4-6-13)29-20(14)19(24)18(23)21(25)22-26/h2-11,18-19,24,26H,12H2,1H3,(H,22,25). The Hall–Kier alpha value is -2.56. The SMILES string of the molecule is COc1ccc(S(=O)N2Cc3cc(-c4ccccc4)sc3C(O)C2C(=O)NO)cc1. The Morgan fingerprint density at radius 1 is 1.20 bits per heavy atom. The Morgan fingerprint density at radius 3 is 2.53 bits per heavy atom. The summed E-state index contributed by atoms with van der Waals surface area (Å²) < 4.78 is 19.8. The van der Waals surface area contributed by atoms with Crippen LogP contribution < -0.4 is 10.2 Å². The first kappa shape index (κ1) is 20.7. The molecule has 4 rings (SSSR count). The molecule has 3 N–H and O–H groups in total. The van der Waals surface area contributed by atoms with E-state index in [0.29, 0.717) is 15.5 Å². The summed E-state index contributed by atoms with van der Waals surface area (Å²) in [5.41, 5.74) is 3.40. The van der Waals surface area contributed by atoms with Gasteiger partial charge in [0.1, 0.15) is 28.9 Å². The summed E-state index contributed by atoms with van der Waals surface area (Å²) >= 11 is 1.39. The molecule has 0 fully saturated rings. The van der Waals surface area contributed by atoms with E-state index in [1.807, 2.05) is 36.4 Å². The quantitative estimate of drug-likeness (QED) is 0.415. The van der Waals surface area contributed by atoms with Crippen LogP contribution in [0.2, 0.25) is 0 Å². The fourth-order valence-electron chi connectivity index (χ4n) is 3.46. The summed E-state index contributed by atoms with van der Waals surface area (Å²) in [6.45, 7) is 0.187. The molecule has 1 aliphatic heterocycles. The summed E-state index contributed by atoms with van der Waals surface area (Å²) in [5, 5.41) is 20.2. The van der Waals surface area contributed by atoms with Gasteiger partial charge in [0.15, 0.2) is 0 Å². The van der Waals surface area contributed by atoms with Crippen molar-refractivity contribution in [2.75, 3.05) is 7.11 Å². The van der Waals surface area contributed by atoms with Crippen LogP contribution in [0.25, 0.3) is 10.4 Å². The van der Waals surface area contributed by atoms with Crippen LogP contribution in [0.4, 0.5) is 0 Å². The summed E-state index contributed by atoms with van der Waals surface area (Å²) in [6.07, 6.45) is -1.23. The van der Waals surface area contributed by atoms with Crippen LogP contribution in [0.5, 0.6) is 5.75 Å². The third-order valence-corrected chi connectivity index (χ3v) is 7.71. The van der Waals surface area contributed by atoms with Gasteiger partial charge in [-0.1, -0.05) is 30.3 Å². The van der Waals surface area contributed by atoms with Gasteiger partial charge in [-0.15, -0.1) is 11.3 Å². The molecule has 30 heavy (non-hydrogen) atoms. The lowest BCUT2D eigenvalue weighted by molar-refractivity contribution is -0.137. The van der Waals surface area contributed by atoms with Crippen LogP contribution in [-0.2, 0) is 22.3 Å². The molecule has 3 aromatic rings. The number of nitrogens with one attached hydrogen (secondary N) is 1. The van der Waals surface area contributed by atoms with Gasteiger partial charge < -0.3 is 9.84 Å². The largest absolute Gasteiger partial charge is 0.497 e. The molecule has 0 saturated carbocycles. The van der Waals surface area contributed by atoms with E-state index in [2.05, 4.69) is 0 Å². The summed E-state index contributed by atoms with van der Waals surface area (Å²) in [5.74, 6) is -0.198. The van der Waals surface area contributed by atoms with Gasteiger partial charge in [0, 0.05) is 16.3 Å². The zero-order chi connectivity index (χ0) is 21.3. The van der Waals surface area contributed by atoms with E-state index in [1.54, 1.807) is 29.7 Å². The minimum Gasteiger partial charge on any atom is -0.497 e. The van der Waals surface area contributed by atoms with E-state index < -0.39 is 29.0 Å². The molecule has 1 aromatic heterocycles. The predicted octanol–water partition coefficient (Wildman–Crippen LogP) is 2.87. The van der Waals surface area contributed by atoms with E-state index >= 15 is 0 Å². The molecule has 3 atom stereocenters. The lowest BCUT2D eigenvalue weighted by Crippen LogP contribution is -2.52. The van der Waals surface area contributed by atoms with Crippen molar-refractivity contribution in [3.63, 3.8) is 0 Å². The number of hydrogen-bond donors (Lipinski definition) is 3. The number of aliphatic hydroxyl groups is 1. The van der Waals surface area contributed by atoms with Crippen molar-refractivity contribution >= 4 is 28.2 Å². The van der Waals surface area contributed by atoms with Gasteiger partial charge in [-0.25, -0.2) is 14.0 Å². The minimum absolute atomic E-state index is 0.187. The van der Waals surface area contributed by atoms with E-state index in [0.717, 1.165) is 16.0 Å². The zero-order valence-corrected chi connectivity index (χ0v) is 17.7. The summed E-state index contributed by atoms with van der Waals surface area (Å²) in [4.78, 5) is 14.4. The molecule has 0 aliphatic carbocycles. The van der Waals surface area contributed by atoms with Crippen LogP contribution in [0.15, 0.2) is 65.6 Å². The van der Waals surface area contributed by atoms with Crippen molar-refractivity contribution in [1.82, 2.24) is 9.79 Å². The molecule has 2 aromatic carbocycles. The number of hydrogen-bond acceptors (Lipinski definition) is 6. The molecule has 9 heteroatoms. The second-order valence-electron chi connectivity index (χ2n) is 6.73. The molecule has 1 aliphatic rings. The molecule has 7 nitrogen and oxygen atoms in total. The third kappa shape index (κ3) is 3.78. The Bertz CT molecular complexity index is 1070. The number of amides is 1. The normalized spacial score (nSPS) is 19.7. The predicted molar refractivity (Wildman–Crippen MR) is 113 cm³/mol. The number of methoxy groups -OCH3 is 1. The Balaban J connectivity index is 1.72. The average Bonchev–Trinajstić information content (AvgIpc) is 3.23. The second kappa shape index (κ2) is 8.66. The minimum atomic E-state index is -1.75. The van der Waals surface area contributed by atoms with Gasteiger partial charge in [-0.3, -0.25) is 10.0 Å².